The molecule has 1 aliphatic rings. The van der Waals surface area contributed by atoms with Gasteiger partial charge in [0.05, 0.1) is 0 Å². The third-order valence-electron chi connectivity index (χ3n) is 4.63. The molecule has 1 aromatic carbocycles. The van der Waals surface area contributed by atoms with Crippen LogP contribution in [0.2, 0.25) is 0 Å². The highest BCUT2D eigenvalue weighted by Gasteiger charge is 2.24. The molecular weight excluding hydrogens is 348 g/mol. The van der Waals surface area contributed by atoms with Gasteiger partial charge < -0.3 is 10.2 Å². The van der Waals surface area contributed by atoms with E-state index in [1.54, 1.807) is 0 Å². The fourth-order valence-corrected chi connectivity index (χ4v) is 3.08. The molecule has 1 aliphatic heterocycles. The fraction of sp³-hybridized carbons (Fsp3) is 0.389. The van der Waals surface area contributed by atoms with Gasteiger partial charge in [-0.25, -0.2) is 0 Å². The predicted octanol–water partition coefficient (Wildman–Crippen LogP) is 3.26. The van der Waals surface area contributed by atoms with Crippen LogP contribution in [-0.2, 0) is 0 Å². The van der Waals surface area contributed by atoms with Gasteiger partial charge in [0.25, 0.3) is 11.9 Å². The highest BCUT2D eigenvalue weighted by Crippen LogP contribution is 2.22. The van der Waals surface area contributed by atoms with Crippen LogP contribution in [0.5, 0.6) is 0 Å². The molecule has 3 rings (SSSR count). The van der Waals surface area contributed by atoms with E-state index in [2.05, 4.69) is 32.2 Å². The van der Waals surface area contributed by atoms with Crippen LogP contribution in [0, 0.1) is 23.5 Å². The van der Waals surface area contributed by atoms with E-state index in [0.717, 1.165) is 31.9 Å². The largest absolute Gasteiger partial charge is 0.378 e. The summed E-state index contributed by atoms with van der Waals surface area (Å²) in [4.78, 5) is 6.98. The zero-order valence-corrected chi connectivity index (χ0v) is 14.4. The summed E-state index contributed by atoms with van der Waals surface area (Å²) >= 11 is 0. The van der Waals surface area contributed by atoms with Gasteiger partial charge in [0.15, 0.2) is 0 Å². The Morgan fingerprint density at radius 1 is 0.962 bits per heavy atom. The highest BCUT2D eigenvalue weighted by molar-refractivity contribution is 5.47. The summed E-state index contributed by atoms with van der Waals surface area (Å²) in [6.45, 7) is 5.27. The Kier molecular flexibility index (Phi) is 5.61. The van der Waals surface area contributed by atoms with Crippen LogP contribution in [0.1, 0.15) is 6.92 Å². The number of hydrogen-bond acceptors (Lipinski definition) is 4. The second-order valence-electron chi connectivity index (χ2n) is 6.28. The predicted molar refractivity (Wildman–Crippen MR) is 92.2 cm³/mol. The number of benzene rings is 1. The van der Waals surface area contributed by atoms with Crippen molar-refractivity contribution in [1.29, 1.82) is 0 Å². The van der Waals surface area contributed by atoms with Crippen molar-refractivity contribution in [3.63, 3.8) is 0 Å². The molecule has 8 heteroatoms. The maximum Gasteiger partial charge on any atom is 0.253 e. The van der Waals surface area contributed by atoms with Crippen molar-refractivity contribution in [1.82, 2.24) is 9.88 Å². The van der Waals surface area contributed by atoms with E-state index in [1.165, 1.54) is 0 Å². The van der Waals surface area contributed by atoms with Crippen LogP contribution < -0.4 is 10.2 Å². The zero-order chi connectivity index (χ0) is 18.7. The Morgan fingerprint density at radius 2 is 1.54 bits per heavy atom. The lowest BCUT2D eigenvalue weighted by molar-refractivity contribution is 0.204. The topological polar surface area (TPSA) is 31.4 Å². The van der Waals surface area contributed by atoms with Crippen molar-refractivity contribution >= 4 is 11.4 Å². The molecule has 0 spiro atoms. The molecule has 1 atom stereocenters. The minimum Gasteiger partial charge on any atom is -0.378 e. The van der Waals surface area contributed by atoms with Crippen molar-refractivity contribution in [2.24, 2.45) is 0 Å². The Balaban J connectivity index is 1.56. The van der Waals surface area contributed by atoms with Gasteiger partial charge in [-0.15, -0.1) is 0 Å². The van der Waals surface area contributed by atoms with E-state index in [0.29, 0.717) is 0 Å². The van der Waals surface area contributed by atoms with E-state index >= 15 is 0 Å². The summed E-state index contributed by atoms with van der Waals surface area (Å²) in [7, 11) is 0. The molecule has 1 fully saturated rings. The van der Waals surface area contributed by atoms with E-state index in [-0.39, 0.29) is 12.6 Å². The molecule has 2 aromatic rings. The van der Waals surface area contributed by atoms with Crippen molar-refractivity contribution in [2.75, 3.05) is 42.9 Å². The number of aromatic nitrogens is 1. The van der Waals surface area contributed by atoms with Gasteiger partial charge in [0, 0.05) is 44.5 Å². The summed E-state index contributed by atoms with van der Waals surface area (Å²) < 4.78 is 53.6. The SMILES string of the molecule is CC(CNc1c(F)c(F)nc(F)c1F)N1CCN(c2ccccc2)CC1. The molecule has 0 radical (unpaired) electrons. The van der Waals surface area contributed by atoms with E-state index in [9.17, 15) is 17.6 Å². The number of pyridine rings is 1. The van der Waals surface area contributed by atoms with Crippen LogP contribution in [0.25, 0.3) is 0 Å². The van der Waals surface area contributed by atoms with Crippen molar-refractivity contribution in [3.8, 4) is 0 Å². The summed E-state index contributed by atoms with van der Waals surface area (Å²) in [5.41, 5.74) is 0.342. The van der Waals surface area contributed by atoms with Gasteiger partial charge in [-0.05, 0) is 19.1 Å². The average molecular weight is 368 g/mol. The van der Waals surface area contributed by atoms with Gasteiger partial charge in [0.2, 0.25) is 11.6 Å². The Morgan fingerprint density at radius 3 is 2.12 bits per heavy atom. The van der Waals surface area contributed by atoms with Crippen molar-refractivity contribution in [2.45, 2.75) is 13.0 Å². The number of hydrogen-bond donors (Lipinski definition) is 1. The molecule has 1 aromatic heterocycles. The molecule has 0 bridgehead atoms. The first-order valence-corrected chi connectivity index (χ1v) is 8.45. The number of piperazine rings is 1. The van der Waals surface area contributed by atoms with Crippen LogP contribution in [0.15, 0.2) is 30.3 Å². The maximum atomic E-state index is 13.6. The molecule has 1 saturated heterocycles. The van der Waals surface area contributed by atoms with Crippen LogP contribution >= 0.6 is 0 Å². The molecule has 0 saturated carbocycles. The lowest BCUT2D eigenvalue weighted by Crippen LogP contribution is -2.51. The third kappa shape index (κ3) is 3.90. The number of nitrogens with one attached hydrogen (secondary N) is 1. The molecular formula is C18H20F4N4. The van der Waals surface area contributed by atoms with Crippen LogP contribution in [0.3, 0.4) is 0 Å². The van der Waals surface area contributed by atoms with Gasteiger partial charge >= 0.3 is 0 Å². The van der Waals surface area contributed by atoms with Crippen LogP contribution in [-0.4, -0.2) is 48.6 Å². The molecule has 4 nitrogen and oxygen atoms in total. The van der Waals surface area contributed by atoms with Crippen LogP contribution in [0.4, 0.5) is 28.9 Å². The van der Waals surface area contributed by atoms with Gasteiger partial charge in [0.1, 0.15) is 5.69 Å². The molecule has 140 valence electrons. The highest BCUT2D eigenvalue weighted by atomic mass is 19.2. The Hall–Kier alpha value is -2.35. The molecule has 2 heterocycles. The van der Waals surface area contributed by atoms with E-state index in [1.807, 2.05) is 25.1 Å². The minimum atomic E-state index is -1.66. The number of para-hydroxylation sites is 1. The average Bonchev–Trinajstić information content (AvgIpc) is 2.67. The van der Waals surface area contributed by atoms with Gasteiger partial charge in [-0.2, -0.15) is 22.5 Å². The van der Waals surface area contributed by atoms with Crippen molar-refractivity contribution < 1.29 is 17.6 Å². The maximum absolute atomic E-state index is 13.6. The minimum absolute atomic E-state index is 0.0639. The molecule has 0 amide bonds. The van der Waals surface area contributed by atoms with E-state index < -0.39 is 29.2 Å². The second-order valence-corrected chi connectivity index (χ2v) is 6.28. The van der Waals surface area contributed by atoms with Gasteiger partial charge in [-0.3, -0.25) is 4.90 Å². The lowest BCUT2D eigenvalue weighted by atomic mass is 10.2. The number of halogens is 4. The second kappa shape index (κ2) is 7.90. The number of nitrogens with zero attached hydrogens (tertiary/aromatic N) is 3. The number of rotatable bonds is 5. The Labute approximate surface area is 149 Å². The summed E-state index contributed by atoms with van der Waals surface area (Å²) in [6.07, 6.45) is 0. The standard InChI is InChI=1S/C18H20F4N4/c1-12(11-23-16-14(19)17(21)24-18(22)15(16)20)25-7-9-26(10-8-25)13-5-3-2-4-6-13/h2-6,12H,7-11H2,1H3,(H,23,24). The monoisotopic (exact) mass is 368 g/mol. The summed E-state index contributed by atoms with van der Waals surface area (Å²) in [5, 5.41) is 2.48. The Bertz CT molecular complexity index is 722. The fourth-order valence-electron chi connectivity index (χ4n) is 3.08. The van der Waals surface area contributed by atoms with Gasteiger partial charge in [-0.1, -0.05) is 18.2 Å². The third-order valence-corrected chi connectivity index (χ3v) is 4.63. The summed E-state index contributed by atoms with van der Waals surface area (Å²) in [5.74, 6) is -6.33. The first kappa shape index (κ1) is 18.4. The smallest absolute Gasteiger partial charge is 0.253 e. The normalized spacial score (nSPS) is 16.6. The lowest BCUT2D eigenvalue weighted by Gasteiger charge is -2.39. The zero-order valence-electron chi connectivity index (χ0n) is 14.4. The van der Waals surface area contributed by atoms with E-state index in [4.69, 9.17) is 0 Å². The molecule has 1 N–H and O–H groups in total. The first-order chi connectivity index (χ1) is 12.5. The van der Waals surface area contributed by atoms with Crippen molar-refractivity contribution in [3.05, 3.63) is 53.9 Å². The quantitative estimate of drug-likeness (QED) is 0.649. The summed E-state index contributed by atoms with van der Waals surface area (Å²) in [6, 6.07) is 9.99. The first-order valence-electron chi connectivity index (χ1n) is 8.45. The molecule has 1 unspecified atom stereocenters. The molecule has 0 aliphatic carbocycles. The number of anilines is 2. The molecule has 26 heavy (non-hydrogen) atoms.